The first-order valence-electron chi connectivity index (χ1n) is 8.35. The summed E-state index contributed by atoms with van der Waals surface area (Å²) in [6.07, 6.45) is 7.10. The van der Waals surface area contributed by atoms with Gasteiger partial charge in [0.2, 0.25) is 6.79 Å². The van der Waals surface area contributed by atoms with Gasteiger partial charge in [0, 0.05) is 23.1 Å². The van der Waals surface area contributed by atoms with Crippen molar-refractivity contribution in [1.82, 2.24) is 19.5 Å². The van der Waals surface area contributed by atoms with E-state index < -0.39 is 15.9 Å². The van der Waals surface area contributed by atoms with Crippen molar-refractivity contribution in [2.24, 2.45) is 0 Å². The summed E-state index contributed by atoms with van der Waals surface area (Å²) in [5.41, 5.74) is 7.36. The Bertz CT molecular complexity index is 1250. The number of fused-ring (bicyclic) bond motifs is 2. The number of nitrogens with two attached hydrogens (primary N) is 1. The molecule has 12 heteroatoms. The molecule has 1 aromatic carbocycles. The molecule has 1 aliphatic heterocycles. The van der Waals surface area contributed by atoms with Crippen LogP contribution in [0.15, 0.2) is 28.5 Å². The number of hydrogen-bond acceptors (Lipinski definition) is 9. The van der Waals surface area contributed by atoms with Crippen LogP contribution in [0.2, 0.25) is 0 Å². The van der Waals surface area contributed by atoms with Gasteiger partial charge >= 0.3 is 0 Å². The molecule has 0 unspecified atom stereocenters. The molecule has 3 aromatic rings. The third-order valence-corrected chi connectivity index (χ3v) is 6.00. The molecule has 0 amide bonds. The van der Waals surface area contributed by atoms with E-state index in [9.17, 15) is 8.42 Å². The van der Waals surface area contributed by atoms with Crippen LogP contribution in [0.3, 0.4) is 0 Å². The zero-order valence-electron chi connectivity index (χ0n) is 14.9. The summed E-state index contributed by atoms with van der Waals surface area (Å²) in [4.78, 5) is 13.4. The van der Waals surface area contributed by atoms with Crippen LogP contribution in [0.1, 0.15) is 12.0 Å². The number of rotatable bonds is 6. The maximum absolute atomic E-state index is 11.1. The lowest BCUT2D eigenvalue weighted by molar-refractivity contribution is 0.174. The van der Waals surface area contributed by atoms with Crippen molar-refractivity contribution < 1.29 is 22.4 Å². The summed E-state index contributed by atoms with van der Waals surface area (Å²) >= 11 is 1.26. The third kappa shape index (κ3) is 3.93. The fourth-order valence-electron chi connectivity index (χ4n) is 2.84. The van der Waals surface area contributed by atoms with Gasteiger partial charge in [-0.05, 0) is 12.5 Å². The lowest BCUT2D eigenvalue weighted by atomic mass is 10.2. The molecule has 0 saturated carbocycles. The van der Waals surface area contributed by atoms with Crippen LogP contribution < -0.4 is 15.2 Å². The molecule has 4 rings (SSSR count). The lowest BCUT2D eigenvalue weighted by Crippen LogP contribution is -2.09. The van der Waals surface area contributed by atoms with Gasteiger partial charge in [-0.1, -0.05) is 17.7 Å². The first kappa shape index (κ1) is 19.3. The molecule has 10 nitrogen and oxygen atoms in total. The van der Waals surface area contributed by atoms with E-state index in [1.54, 1.807) is 16.7 Å². The first-order valence-corrected chi connectivity index (χ1v) is 10.8. The van der Waals surface area contributed by atoms with Crippen molar-refractivity contribution in [3.8, 4) is 23.8 Å². The van der Waals surface area contributed by atoms with Crippen LogP contribution in [0.5, 0.6) is 11.5 Å². The number of anilines is 1. The highest BCUT2D eigenvalue weighted by Crippen LogP contribution is 2.41. The Balaban J connectivity index is 1.74. The molecule has 0 bridgehead atoms. The number of hydrogen-bond donors (Lipinski definition) is 2. The van der Waals surface area contributed by atoms with Crippen molar-refractivity contribution in [3.63, 3.8) is 0 Å². The summed E-state index contributed by atoms with van der Waals surface area (Å²) in [6, 6.07) is 3.48. The average molecular weight is 433 g/mol. The van der Waals surface area contributed by atoms with E-state index in [1.807, 2.05) is 0 Å². The number of nitrogen functional groups attached to an aromatic ring is 1. The van der Waals surface area contributed by atoms with Gasteiger partial charge in [-0.15, -0.1) is 6.42 Å². The van der Waals surface area contributed by atoms with Crippen molar-refractivity contribution in [2.45, 2.75) is 23.0 Å². The SMILES string of the molecule is C#Cc1cc2c(cc1Sc1nc3c(N)ncnc3n1CCCS(=O)(=O)O)OCO2. The molecule has 150 valence electrons. The second-order valence-electron chi connectivity index (χ2n) is 6.06. The highest BCUT2D eigenvalue weighted by atomic mass is 32.2. The third-order valence-electron chi connectivity index (χ3n) is 4.14. The minimum Gasteiger partial charge on any atom is -0.454 e. The Morgan fingerprint density at radius 3 is 2.79 bits per heavy atom. The smallest absolute Gasteiger partial charge is 0.264 e. The van der Waals surface area contributed by atoms with Crippen molar-refractivity contribution in [1.29, 1.82) is 0 Å². The Hall–Kier alpha value is -3.01. The van der Waals surface area contributed by atoms with Crippen LogP contribution in [0.4, 0.5) is 5.82 Å². The van der Waals surface area contributed by atoms with Crippen LogP contribution in [0, 0.1) is 12.3 Å². The van der Waals surface area contributed by atoms with Gasteiger partial charge in [-0.3, -0.25) is 4.55 Å². The van der Waals surface area contributed by atoms with Gasteiger partial charge in [0.15, 0.2) is 33.6 Å². The molecule has 0 fully saturated rings. The van der Waals surface area contributed by atoms with E-state index in [1.165, 1.54) is 18.1 Å². The normalized spacial score (nSPS) is 13.0. The molecule has 1 aliphatic rings. The summed E-state index contributed by atoms with van der Waals surface area (Å²) in [6.45, 7) is 0.360. The van der Waals surface area contributed by atoms with E-state index in [-0.39, 0.29) is 25.6 Å². The van der Waals surface area contributed by atoms with Gasteiger partial charge in [-0.2, -0.15) is 8.42 Å². The predicted octanol–water partition coefficient (Wildman–Crippen LogP) is 1.55. The minimum atomic E-state index is -4.08. The highest BCUT2D eigenvalue weighted by Gasteiger charge is 2.21. The maximum Gasteiger partial charge on any atom is 0.264 e. The lowest BCUT2D eigenvalue weighted by Gasteiger charge is -2.09. The zero-order chi connectivity index (χ0) is 20.6. The maximum atomic E-state index is 11.1. The molecule has 0 radical (unpaired) electrons. The topological polar surface area (TPSA) is 142 Å². The molecule has 3 heterocycles. The van der Waals surface area contributed by atoms with Crippen molar-refractivity contribution >= 4 is 38.9 Å². The standard InChI is InChI=1S/C17H15N5O5S2/c1-2-10-6-11-12(27-9-26-11)7-13(10)28-17-21-14-15(18)19-8-20-16(14)22(17)4-3-5-29(23,24)25/h1,6-8H,3-5,9H2,(H2,18,19,20)(H,23,24,25). The van der Waals surface area contributed by atoms with E-state index in [0.717, 1.165) is 0 Å². The number of aromatic nitrogens is 4. The predicted molar refractivity (Wildman–Crippen MR) is 105 cm³/mol. The Labute approximate surface area is 170 Å². The largest absolute Gasteiger partial charge is 0.454 e. The molecule has 0 aliphatic carbocycles. The minimum absolute atomic E-state index is 0.119. The fourth-order valence-corrected chi connectivity index (χ4v) is 4.35. The van der Waals surface area contributed by atoms with Crippen molar-refractivity contribution in [3.05, 3.63) is 24.0 Å². The molecular weight excluding hydrogens is 418 g/mol. The Kier molecular flexibility index (Phi) is 4.95. The quantitative estimate of drug-likeness (QED) is 0.434. The number of terminal acetylenes is 1. The fraction of sp³-hybridized carbons (Fsp3) is 0.235. The summed E-state index contributed by atoms with van der Waals surface area (Å²) < 4.78 is 43.7. The average Bonchev–Trinajstić information content (AvgIpc) is 3.25. The second kappa shape index (κ2) is 7.43. The molecule has 2 aromatic heterocycles. The van der Waals surface area contributed by atoms with Crippen LogP contribution >= 0.6 is 11.8 Å². The van der Waals surface area contributed by atoms with Crippen molar-refractivity contribution in [2.75, 3.05) is 18.3 Å². The summed E-state index contributed by atoms with van der Waals surface area (Å²) in [7, 11) is -4.08. The number of aryl methyl sites for hydroxylation is 1. The molecule has 0 saturated heterocycles. The van der Waals surface area contributed by atoms with Crippen LogP contribution in [-0.2, 0) is 16.7 Å². The van der Waals surface area contributed by atoms with Crippen LogP contribution in [-0.4, -0.2) is 45.0 Å². The number of imidazole rings is 1. The van der Waals surface area contributed by atoms with Gasteiger partial charge < -0.3 is 19.8 Å². The Morgan fingerprint density at radius 2 is 2.07 bits per heavy atom. The van der Waals surface area contributed by atoms with E-state index in [4.69, 9.17) is 26.2 Å². The Morgan fingerprint density at radius 1 is 1.31 bits per heavy atom. The number of benzene rings is 1. The molecule has 29 heavy (non-hydrogen) atoms. The molecule has 3 N–H and O–H groups in total. The van der Waals surface area contributed by atoms with E-state index in [2.05, 4.69) is 20.9 Å². The van der Waals surface area contributed by atoms with Gasteiger partial charge in [0.05, 0.1) is 5.75 Å². The molecular formula is C17H15N5O5S2. The summed E-state index contributed by atoms with van der Waals surface area (Å²) in [5.74, 6) is 3.56. The first-order chi connectivity index (χ1) is 13.9. The van der Waals surface area contributed by atoms with Gasteiger partial charge in [0.1, 0.15) is 6.33 Å². The number of nitrogens with zero attached hydrogens (tertiary/aromatic N) is 4. The summed E-state index contributed by atoms with van der Waals surface area (Å²) in [5, 5.41) is 0.498. The highest BCUT2D eigenvalue weighted by molar-refractivity contribution is 7.99. The van der Waals surface area contributed by atoms with Crippen LogP contribution in [0.25, 0.3) is 11.2 Å². The molecule has 0 spiro atoms. The number of ether oxygens (including phenoxy) is 2. The van der Waals surface area contributed by atoms with Gasteiger partial charge in [0.25, 0.3) is 10.1 Å². The second-order valence-corrected chi connectivity index (χ2v) is 8.65. The monoisotopic (exact) mass is 433 g/mol. The van der Waals surface area contributed by atoms with E-state index >= 15 is 0 Å². The molecule has 0 atom stereocenters. The van der Waals surface area contributed by atoms with Gasteiger partial charge in [-0.25, -0.2) is 15.0 Å². The zero-order valence-corrected chi connectivity index (χ0v) is 16.5. The van der Waals surface area contributed by atoms with E-state index in [0.29, 0.717) is 38.3 Å².